The molecule has 0 bridgehead atoms. The van der Waals surface area contributed by atoms with Crippen molar-refractivity contribution < 1.29 is 4.74 Å². The van der Waals surface area contributed by atoms with E-state index in [2.05, 4.69) is 42.8 Å². The lowest BCUT2D eigenvalue weighted by atomic mass is 10.1. The Balaban J connectivity index is 0.000000636. The molecule has 8 nitrogen and oxygen atoms in total. The molecule has 4 rings (SSSR count). The van der Waals surface area contributed by atoms with E-state index in [0.29, 0.717) is 28.7 Å². The van der Waals surface area contributed by atoms with Gasteiger partial charge in [-0.05, 0) is 79.5 Å². The third-order valence-corrected chi connectivity index (χ3v) is 5.82. The zero-order chi connectivity index (χ0) is 28.6. The van der Waals surface area contributed by atoms with Crippen molar-refractivity contribution in [1.82, 2.24) is 14.8 Å². The molecule has 0 aliphatic heterocycles. The van der Waals surface area contributed by atoms with Gasteiger partial charge in [-0.2, -0.15) is 9.94 Å². The standard InChI is InChI=1S/C22H20ClN5O3.C5H10.C2H6/c1-12(2)11-25-18-6-5-16(8-13(18)3)31-20-14(4)7-15(9-17(20)23)28-22(30)26-21(29)19(10-24)27-28;1-5(2)3-4-5;1-2/h5-9,11-12H,1-4H3,(H,26,29,30);3-4H2,1-2H3;1-2H3. The lowest BCUT2D eigenvalue weighted by Crippen LogP contribution is -2.33. The minimum Gasteiger partial charge on any atom is -0.456 e. The first-order chi connectivity index (χ1) is 17.9. The summed E-state index contributed by atoms with van der Waals surface area (Å²) >= 11 is 6.42. The van der Waals surface area contributed by atoms with Gasteiger partial charge in [-0.3, -0.25) is 14.8 Å². The van der Waals surface area contributed by atoms with Crippen LogP contribution in [0, 0.1) is 36.5 Å². The van der Waals surface area contributed by atoms with Crippen LogP contribution in [0.25, 0.3) is 5.69 Å². The number of H-pyrrole nitrogens is 1. The molecule has 1 aliphatic carbocycles. The SMILES string of the molecule is CC.CC1(C)CC1.Cc1cc(Oc2c(C)cc(-n3nc(C#N)c(=O)[nH]c3=O)cc2Cl)ccc1N=CC(C)C. The van der Waals surface area contributed by atoms with Gasteiger partial charge in [0.15, 0.2) is 0 Å². The quantitative estimate of drug-likeness (QED) is 0.350. The number of aromatic nitrogens is 3. The van der Waals surface area contributed by atoms with Crippen LogP contribution in [-0.4, -0.2) is 21.0 Å². The fourth-order valence-corrected chi connectivity index (χ4v) is 3.35. The Kier molecular flexibility index (Phi) is 10.6. The van der Waals surface area contributed by atoms with Gasteiger partial charge in [0, 0.05) is 6.21 Å². The van der Waals surface area contributed by atoms with Gasteiger partial charge in [-0.1, -0.05) is 53.1 Å². The monoisotopic (exact) mass is 537 g/mol. The molecule has 202 valence electrons. The molecule has 38 heavy (non-hydrogen) atoms. The molecule has 0 radical (unpaired) electrons. The first-order valence-electron chi connectivity index (χ1n) is 12.7. The number of hydrogen-bond acceptors (Lipinski definition) is 6. The molecule has 1 fully saturated rings. The number of nitriles is 1. The molecule has 0 spiro atoms. The molecule has 1 saturated carbocycles. The number of hydrogen-bond donors (Lipinski definition) is 1. The number of nitrogens with one attached hydrogen (secondary N) is 1. The topological polar surface area (TPSA) is 113 Å². The normalized spacial score (nSPS) is 13.2. The Morgan fingerprint density at radius 2 is 1.79 bits per heavy atom. The van der Waals surface area contributed by atoms with E-state index in [1.54, 1.807) is 25.1 Å². The molecule has 1 aromatic heterocycles. The Hall–Kier alpha value is -3.70. The van der Waals surface area contributed by atoms with Crippen molar-refractivity contribution >= 4 is 23.5 Å². The van der Waals surface area contributed by atoms with E-state index < -0.39 is 16.9 Å². The van der Waals surface area contributed by atoms with Crippen molar-refractivity contribution in [2.45, 2.75) is 68.2 Å². The first-order valence-corrected chi connectivity index (χ1v) is 13.0. The molecule has 9 heteroatoms. The van der Waals surface area contributed by atoms with Gasteiger partial charge in [0.1, 0.15) is 17.6 Å². The van der Waals surface area contributed by atoms with Crippen LogP contribution in [0.4, 0.5) is 5.69 Å². The third kappa shape index (κ3) is 8.42. The van der Waals surface area contributed by atoms with E-state index in [0.717, 1.165) is 21.3 Å². The van der Waals surface area contributed by atoms with Gasteiger partial charge < -0.3 is 4.74 Å². The summed E-state index contributed by atoms with van der Waals surface area (Å²) in [5.74, 6) is 1.36. The summed E-state index contributed by atoms with van der Waals surface area (Å²) in [6.45, 7) is 16.4. The average Bonchev–Trinajstić information content (AvgIpc) is 3.56. The number of nitrogens with zero attached hydrogens (tertiary/aromatic N) is 4. The summed E-state index contributed by atoms with van der Waals surface area (Å²) in [5, 5.41) is 13.0. The highest BCUT2D eigenvalue weighted by molar-refractivity contribution is 6.32. The number of benzene rings is 2. The minimum atomic E-state index is -0.844. The zero-order valence-corrected chi connectivity index (χ0v) is 24.1. The van der Waals surface area contributed by atoms with E-state index in [9.17, 15) is 9.59 Å². The second-order valence-electron chi connectivity index (χ2n) is 9.94. The molecule has 1 heterocycles. The molecule has 0 unspecified atom stereocenters. The zero-order valence-electron chi connectivity index (χ0n) is 23.3. The second-order valence-corrected chi connectivity index (χ2v) is 10.3. The summed E-state index contributed by atoms with van der Waals surface area (Å²) in [6, 6.07) is 10.3. The second kappa shape index (κ2) is 13.2. The van der Waals surface area contributed by atoms with Crippen LogP contribution in [0.2, 0.25) is 5.02 Å². The van der Waals surface area contributed by atoms with Crippen LogP contribution in [0.5, 0.6) is 11.5 Å². The number of aliphatic imine (C=N–C) groups is 1. The molecule has 0 saturated heterocycles. The molecular weight excluding hydrogens is 502 g/mol. The van der Waals surface area contributed by atoms with Crippen LogP contribution in [0.1, 0.15) is 71.2 Å². The number of aryl methyl sites for hydroxylation is 2. The molecule has 3 aromatic rings. The fourth-order valence-electron chi connectivity index (χ4n) is 3.05. The highest BCUT2D eigenvalue weighted by atomic mass is 35.5. The smallest absolute Gasteiger partial charge is 0.349 e. The van der Waals surface area contributed by atoms with Crippen LogP contribution in [0.15, 0.2) is 44.9 Å². The van der Waals surface area contributed by atoms with Gasteiger partial charge in [0.25, 0.3) is 5.56 Å². The van der Waals surface area contributed by atoms with Gasteiger partial charge in [0.2, 0.25) is 5.69 Å². The van der Waals surface area contributed by atoms with Gasteiger partial charge in [-0.15, -0.1) is 5.10 Å². The van der Waals surface area contributed by atoms with Gasteiger partial charge >= 0.3 is 5.69 Å². The summed E-state index contributed by atoms with van der Waals surface area (Å²) in [7, 11) is 0. The summed E-state index contributed by atoms with van der Waals surface area (Å²) in [6.07, 6.45) is 4.78. The molecule has 0 atom stereocenters. The van der Waals surface area contributed by atoms with Crippen molar-refractivity contribution in [2.24, 2.45) is 16.3 Å². The fraction of sp³-hybridized carbons (Fsp3) is 0.414. The Labute approximate surface area is 229 Å². The molecular formula is C29H36ClN5O3. The van der Waals surface area contributed by atoms with Gasteiger partial charge in [0.05, 0.1) is 16.4 Å². The highest BCUT2D eigenvalue weighted by Crippen LogP contribution is 2.43. The third-order valence-electron chi connectivity index (χ3n) is 5.54. The van der Waals surface area contributed by atoms with Crippen molar-refractivity contribution in [1.29, 1.82) is 5.26 Å². The van der Waals surface area contributed by atoms with E-state index in [-0.39, 0.29) is 5.02 Å². The summed E-state index contributed by atoms with van der Waals surface area (Å²) in [5.41, 5.74) is 1.44. The van der Waals surface area contributed by atoms with E-state index in [1.807, 2.05) is 39.1 Å². The Bertz CT molecular complexity index is 1430. The van der Waals surface area contributed by atoms with Crippen LogP contribution >= 0.6 is 11.6 Å². The maximum atomic E-state index is 12.1. The van der Waals surface area contributed by atoms with E-state index in [4.69, 9.17) is 21.6 Å². The average molecular weight is 538 g/mol. The van der Waals surface area contributed by atoms with Crippen LogP contribution in [-0.2, 0) is 0 Å². The van der Waals surface area contributed by atoms with Crippen molar-refractivity contribution in [3.63, 3.8) is 0 Å². The largest absolute Gasteiger partial charge is 0.456 e. The molecule has 0 amide bonds. The Morgan fingerprint density at radius 1 is 1.16 bits per heavy atom. The molecule has 1 aliphatic rings. The van der Waals surface area contributed by atoms with Crippen molar-refractivity contribution in [3.8, 4) is 23.3 Å². The number of halogens is 1. The summed E-state index contributed by atoms with van der Waals surface area (Å²) < 4.78 is 6.90. The van der Waals surface area contributed by atoms with Crippen LogP contribution < -0.4 is 16.0 Å². The highest BCUT2D eigenvalue weighted by Gasteiger charge is 2.30. The lowest BCUT2D eigenvalue weighted by molar-refractivity contribution is 0.478. The molecule has 1 N–H and O–H groups in total. The number of rotatable bonds is 5. The Morgan fingerprint density at radius 3 is 2.29 bits per heavy atom. The van der Waals surface area contributed by atoms with E-state index >= 15 is 0 Å². The lowest BCUT2D eigenvalue weighted by Gasteiger charge is -2.14. The van der Waals surface area contributed by atoms with Crippen LogP contribution in [0.3, 0.4) is 0 Å². The predicted molar refractivity (Wildman–Crippen MR) is 154 cm³/mol. The van der Waals surface area contributed by atoms with Crippen molar-refractivity contribution in [3.05, 3.63) is 73.0 Å². The molecule has 2 aromatic carbocycles. The van der Waals surface area contributed by atoms with Crippen molar-refractivity contribution in [2.75, 3.05) is 0 Å². The van der Waals surface area contributed by atoms with E-state index in [1.165, 1.54) is 18.9 Å². The number of ether oxygens (including phenoxy) is 1. The summed E-state index contributed by atoms with van der Waals surface area (Å²) in [4.78, 5) is 30.2. The number of aromatic amines is 1. The van der Waals surface area contributed by atoms with Gasteiger partial charge in [-0.25, -0.2) is 4.79 Å². The maximum Gasteiger partial charge on any atom is 0.349 e. The predicted octanol–water partition coefficient (Wildman–Crippen LogP) is 7.05. The maximum absolute atomic E-state index is 12.1. The first kappa shape index (κ1) is 30.5. The minimum absolute atomic E-state index is 0.243.